The second-order valence-electron chi connectivity index (χ2n) is 5.05. The maximum atomic E-state index is 10.8. The molecule has 1 aliphatic carbocycles. The molecule has 0 bridgehead atoms. The van der Waals surface area contributed by atoms with Gasteiger partial charge in [-0.15, -0.1) is 0 Å². The molecule has 2 atom stereocenters. The van der Waals surface area contributed by atoms with Crippen LogP contribution in [0.4, 0.5) is 5.69 Å². The minimum Gasteiger partial charge on any atom is -0.478 e. The molecule has 1 saturated carbocycles. The number of carbonyl (C=O) groups is 1. The number of aromatic carboxylic acids is 1. The van der Waals surface area contributed by atoms with E-state index in [1.54, 1.807) is 12.1 Å². The molecule has 2 N–H and O–H groups in total. The first kappa shape index (κ1) is 13.2. The van der Waals surface area contributed by atoms with Crippen molar-refractivity contribution in [1.82, 2.24) is 0 Å². The third-order valence-corrected chi connectivity index (χ3v) is 4.12. The van der Waals surface area contributed by atoms with Gasteiger partial charge in [-0.25, -0.2) is 4.79 Å². The highest BCUT2D eigenvalue weighted by Gasteiger charge is 2.23. The van der Waals surface area contributed by atoms with Crippen molar-refractivity contribution in [3.05, 3.63) is 28.8 Å². The van der Waals surface area contributed by atoms with Crippen molar-refractivity contribution in [3.63, 3.8) is 0 Å². The Morgan fingerprint density at radius 2 is 2.28 bits per heavy atom. The van der Waals surface area contributed by atoms with Crippen molar-refractivity contribution in [2.75, 3.05) is 11.9 Å². The third-order valence-electron chi connectivity index (χ3n) is 3.81. The Morgan fingerprint density at radius 3 is 2.83 bits per heavy atom. The quantitative estimate of drug-likeness (QED) is 0.870. The summed E-state index contributed by atoms with van der Waals surface area (Å²) < 4.78 is 0. The molecule has 18 heavy (non-hydrogen) atoms. The SMILES string of the molecule is CC1CCCC1CNc1ccc(C(=O)O)cc1Cl. The molecule has 2 rings (SSSR count). The minimum absolute atomic E-state index is 0.222. The number of rotatable bonds is 4. The molecular weight excluding hydrogens is 250 g/mol. The van der Waals surface area contributed by atoms with Gasteiger partial charge in [0.25, 0.3) is 0 Å². The Balaban J connectivity index is 1.99. The van der Waals surface area contributed by atoms with E-state index in [1.807, 2.05) is 0 Å². The van der Waals surface area contributed by atoms with E-state index in [4.69, 9.17) is 16.7 Å². The monoisotopic (exact) mass is 267 g/mol. The molecule has 0 heterocycles. The van der Waals surface area contributed by atoms with Gasteiger partial charge in [-0.05, 0) is 36.5 Å². The van der Waals surface area contributed by atoms with Crippen LogP contribution < -0.4 is 5.32 Å². The lowest BCUT2D eigenvalue weighted by Crippen LogP contribution is -2.16. The molecule has 1 fully saturated rings. The molecule has 0 aliphatic heterocycles. The van der Waals surface area contributed by atoms with E-state index in [9.17, 15) is 4.79 Å². The predicted octanol–water partition coefficient (Wildman–Crippen LogP) is 3.89. The molecule has 0 spiro atoms. The number of nitrogens with one attached hydrogen (secondary N) is 1. The van der Waals surface area contributed by atoms with Crippen LogP contribution in [0.1, 0.15) is 36.5 Å². The number of benzene rings is 1. The summed E-state index contributed by atoms with van der Waals surface area (Å²) in [5.74, 6) is 0.502. The number of halogens is 1. The molecule has 0 aromatic heterocycles. The van der Waals surface area contributed by atoms with Crippen molar-refractivity contribution in [2.45, 2.75) is 26.2 Å². The van der Waals surface area contributed by atoms with E-state index in [2.05, 4.69) is 12.2 Å². The highest BCUT2D eigenvalue weighted by atomic mass is 35.5. The molecular formula is C14H18ClNO2. The van der Waals surface area contributed by atoms with Crippen molar-refractivity contribution < 1.29 is 9.90 Å². The number of anilines is 1. The van der Waals surface area contributed by atoms with Crippen LogP contribution in [0.5, 0.6) is 0 Å². The number of carboxylic acids is 1. The van der Waals surface area contributed by atoms with Crippen LogP contribution in [-0.4, -0.2) is 17.6 Å². The number of carboxylic acid groups (broad SMARTS) is 1. The van der Waals surface area contributed by atoms with Gasteiger partial charge in [0, 0.05) is 6.54 Å². The Morgan fingerprint density at radius 1 is 1.50 bits per heavy atom. The summed E-state index contributed by atoms with van der Waals surface area (Å²) in [4.78, 5) is 10.8. The molecule has 98 valence electrons. The summed E-state index contributed by atoms with van der Waals surface area (Å²) >= 11 is 6.07. The zero-order valence-electron chi connectivity index (χ0n) is 10.4. The maximum absolute atomic E-state index is 10.8. The van der Waals surface area contributed by atoms with Gasteiger partial charge in [-0.1, -0.05) is 31.4 Å². The van der Waals surface area contributed by atoms with Crippen molar-refractivity contribution in [1.29, 1.82) is 0 Å². The standard InChI is InChI=1S/C14H18ClNO2/c1-9-3-2-4-11(9)8-16-13-6-5-10(14(17)18)7-12(13)15/h5-7,9,11,16H,2-4,8H2,1H3,(H,17,18). The number of hydrogen-bond donors (Lipinski definition) is 2. The summed E-state index contributed by atoms with van der Waals surface area (Å²) in [5, 5.41) is 12.7. The third kappa shape index (κ3) is 2.96. The zero-order chi connectivity index (χ0) is 13.1. The van der Waals surface area contributed by atoms with Crippen LogP contribution in [0.3, 0.4) is 0 Å². The van der Waals surface area contributed by atoms with Gasteiger partial charge in [0.1, 0.15) is 0 Å². The smallest absolute Gasteiger partial charge is 0.335 e. The van der Waals surface area contributed by atoms with Gasteiger partial charge < -0.3 is 10.4 Å². The summed E-state index contributed by atoms with van der Waals surface area (Å²) in [6, 6.07) is 4.81. The van der Waals surface area contributed by atoms with Crippen LogP contribution in [0.15, 0.2) is 18.2 Å². The van der Waals surface area contributed by atoms with Crippen molar-refractivity contribution in [3.8, 4) is 0 Å². The van der Waals surface area contributed by atoms with E-state index >= 15 is 0 Å². The molecule has 1 aliphatic rings. The van der Waals surface area contributed by atoms with Crippen LogP contribution in [0.2, 0.25) is 5.02 Å². The second-order valence-corrected chi connectivity index (χ2v) is 5.46. The summed E-state index contributed by atoms with van der Waals surface area (Å²) in [6.45, 7) is 3.20. The highest BCUT2D eigenvalue weighted by Crippen LogP contribution is 2.32. The summed E-state index contributed by atoms with van der Waals surface area (Å²) in [7, 11) is 0. The first-order valence-electron chi connectivity index (χ1n) is 6.34. The molecule has 0 radical (unpaired) electrons. The van der Waals surface area contributed by atoms with E-state index in [0.29, 0.717) is 10.9 Å². The van der Waals surface area contributed by atoms with Crippen molar-refractivity contribution in [2.24, 2.45) is 11.8 Å². The molecule has 3 nitrogen and oxygen atoms in total. The van der Waals surface area contributed by atoms with Crippen molar-refractivity contribution >= 4 is 23.3 Å². The minimum atomic E-state index is -0.951. The lowest BCUT2D eigenvalue weighted by molar-refractivity contribution is 0.0697. The molecule has 2 unspecified atom stereocenters. The lowest BCUT2D eigenvalue weighted by atomic mass is 9.98. The Hall–Kier alpha value is -1.22. The summed E-state index contributed by atoms with van der Waals surface area (Å²) in [5.41, 5.74) is 1.04. The molecule has 0 saturated heterocycles. The average molecular weight is 268 g/mol. The topological polar surface area (TPSA) is 49.3 Å². The van der Waals surface area contributed by atoms with E-state index < -0.39 is 5.97 Å². The van der Waals surface area contributed by atoms with Gasteiger partial charge in [0.2, 0.25) is 0 Å². The normalized spacial score (nSPS) is 23.0. The van der Waals surface area contributed by atoms with Crippen LogP contribution in [0, 0.1) is 11.8 Å². The number of hydrogen-bond acceptors (Lipinski definition) is 2. The average Bonchev–Trinajstić information content (AvgIpc) is 2.73. The fraction of sp³-hybridized carbons (Fsp3) is 0.500. The van der Waals surface area contributed by atoms with Gasteiger partial charge in [-0.3, -0.25) is 0 Å². The Labute approximate surface area is 112 Å². The van der Waals surface area contributed by atoms with Gasteiger partial charge in [0.05, 0.1) is 16.3 Å². The van der Waals surface area contributed by atoms with Crippen LogP contribution in [0.25, 0.3) is 0 Å². The molecule has 0 amide bonds. The fourth-order valence-electron chi connectivity index (χ4n) is 2.56. The maximum Gasteiger partial charge on any atom is 0.335 e. The van der Waals surface area contributed by atoms with Crippen LogP contribution >= 0.6 is 11.6 Å². The molecule has 1 aromatic carbocycles. The van der Waals surface area contributed by atoms with Gasteiger partial charge in [-0.2, -0.15) is 0 Å². The van der Waals surface area contributed by atoms with E-state index in [1.165, 1.54) is 25.3 Å². The first-order chi connectivity index (χ1) is 8.58. The summed E-state index contributed by atoms with van der Waals surface area (Å²) in [6.07, 6.45) is 3.87. The molecule has 4 heteroatoms. The highest BCUT2D eigenvalue weighted by molar-refractivity contribution is 6.33. The second kappa shape index (κ2) is 5.61. The van der Waals surface area contributed by atoms with Gasteiger partial charge in [0.15, 0.2) is 0 Å². The van der Waals surface area contributed by atoms with E-state index in [0.717, 1.165) is 18.2 Å². The molecule has 1 aromatic rings. The lowest BCUT2D eigenvalue weighted by Gasteiger charge is -2.17. The van der Waals surface area contributed by atoms with Crippen LogP contribution in [-0.2, 0) is 0 Å². The Bertz CT molecular complexity index is 447. The fourth-order valence-corrected chi connectivity index (χ4v) is 2.81. The Kier molecular flexibility index (Phi) is 4.12. The van der Waals surface area contributed by atoms with Gasteiger partial charge >= 0.3 is 5.97 Å². The predicted molar refractivity (Wildman–Crippen MR) is 73.4 cm³/mol. The zero-order valence-corrected chi connectivity index (χ0v) is 11.2. The first-order valence-corrected chi connectivity index (χ1v) is 6.72. The largest absolute Gasteiger partial charge is 0.478 e. The van der Waals surface area contributed by atoms with E-state index in [-0.39, 0.29) is 5.56 Å².